The van der Waals surface area contributed by atoms with Crippen LogP contribution in [0.25, 0.3) is 0 Å². The minimum Gasteiger partial charge on any atom is -0.380 e. The summed E-state index contributed by atoms with van der Waals surface area (Å²) >= 11 is 6.36. The molecule has 2 nitrogen and oxygen atoms in total. The van der Waals surface area contributed by atoms with E-state index < -0.39 is 17.2 Å². The van der Waals surface area contributed by atoms with E-state index in [1.165, 1.54) is 6.08 Å². The molecule has 0 bridgehead atoms. The molecule has 27 heavy (non-hydrogen) atoms. The van der Waals surface area contributed by atoms with Crippen LogP contribution in [0.4, 0.5) is 13.2 Å². The molecule has 1 N–H and O–H groups in total. The second-order valence-electron chi connectivity index (χ2n) is 9.60. The summed E-state index contributed by atoms with van der Waals surface area (Å²) in [4.78, 5) is 12.1. The summed E-state index contributed by atoms with van der Waals surface area (Å²) in [6.45, 7) is 5.78. The molecular formula is C21H26ClF3O2. The van der Waals surface area contributed by atoms with E-state index in [0.717, 1.165) is 5.57 Å². The second kappa shape index (κ2) is 5.63. The number of carbonyl (C=O) groups excluding carboxylic acids is 1. The van der Waals surface area contributed by atoms with E-state index in [4.69, 9.17) is 11.6 Å². The van der Waals surface area contributed by atoms with Crippen LogP contribution in [-0.2, 0) is 4.79 Å². The van der Waals surface area contributed by atoms with Gasteiger partial charge in [-0.15, -0.1) is 0 Å². The Morgan fingerprint density at radius 1 is 1.19 bits per heavy atom. The zero-order valence-electron chi connectivity index (χ0n) is 15.9. The Bertz CT molecular complexity index is 757. The average Bonchev–Trinajstić information content (AvgIpc) is 2.86. The zero-order valence-corrected chi connectivity index (χ0v) is 16.6. The molecule has 0 heterocycles. The number of rotatable bonds is 0. The molecule has 0 aliphatic heterocycles. The number of carbonyl (C=O) groups is 1. The van der Waals surface area contributed by atoms with E-state index in [2.05, 4.69) is 13.8 Å². The van der Waals surface area contributed by atoms with Gasteiger partial charge in [-0.25, -0.2) is 0 Å². The van der Waals surface area contributed by atoms with Gasteiger partial charge in [-0.2, -0.15) is 13.2 Å². The SMILES string of the molecule is CC1CC2=C(Cl)C(=O)C=C[C@]2(C)C2CC[C@@]3(C)C(CC[C@@]3(O)C(F)(F)F)C12. The lowest BCUT2D eigenvalue weighted by atomic mass is 9.45. The molecule has 4 aliphatic rings. The fraction of sp³-hybridized carbons (Fsp3) is 0.762. The van der Waals surface area contributed by atoms with E-state index in [9.17, 15) is 23.1 Å². The molecule has 0 aromatic heterocycles. The van der Waals surface area contributed by atoms with Crippen molar-refractivity contribution in [1.82, 2.24) is 0 Å². The molecule has 0 aromatic carbocycles. The molecule has 0 aromatic rings. The summed E-state index contributed by atoms with van der Waals surface area (Å²) in [5.74, 6) is -0.00524. The van der Waals surface area contributed by atoms with Crippen LogP contribution in [0.1, 0.15) is 52.9 Å². The Morgan fingerprint density at radius 3 is 2.44 bits per heavy atom. The van der Waals surface area contributed by atoms with Crippen molar-refractivity contribution in [2.75, 3.05) is 0 Å². The maximum Gasteiger partial charge on any atom is 0.417 e. The van der Waals surface area contributed by atoms with Crippen molar-refractivity contribution >= 4 is 17.4 Å². The molecule has 150 valence electrons. The quantitative estimate of drug-likeness (QED) is 0.589. The van der Waals surface area contributed by atoms with Crippen LogP contribution in [0, 0.1) is 34.5 Å². The molecule has 0 radical (unpaired) electrons. The average molecular weight is 403 g/mol. The van der Waals surface area contributed by atoms with Crippen molar-refractivity contribution in [2.45, 2.75) is 64.7 Å². The fourth-order valence-electron chi connectivity index (χ4n) is 7.09. The number of allylic oxidation sites excluding steroid dienone is 4. The smallest absolute Gasteiger partial charge is 0.380 e. The van der Waals surface area contributed by atoms with E-state index in [0.29, 0.717) is 25.7 Å². The van der Waals surface area contributed by atoms with E-state index >= 15 is 0 Å². The molecule has 0 amide bonds. The van der Waals surface area contributed by atoms with Gasteiger partial charge in [0.15, 0.2) is 11.4 Å². The maximum absolute atomic E-state index is 13.8. The zero-order chi connectivity index (χ0) is 20.0. The molecule has 4 aliphatic carbocycles. The number of aliphatic hydroxyl groups is 1. The number of hydrogen-bond donors (Lipinski definition) is 1. The standard InChI is InChI=1S/C21H26ClF3O2/c1-11-10-14-17(22)15(26)6-7-18(14,2)12-4-8-19(3)13(16(11)12)5-9-20(19,27)21(23,24)25/h6-7,11-13,16,27H,4-5,8-10H2,1-3H3/t11?,12?,13?,16?,18-,19+,20+/m1/s1. The van der Waals surface area contributed by atoms with Crippen molar-refractivity contribution in [3.63, 3.8) is 0 Å². The number of halogens is 4. The first-order chi connectivity index (χ1) is 12.4. The molecule has 6 heteroatoms. The van der Waals surface area contributed by atoms with E-state index in [1.807, 2.05) is 6.08 Å². The normalized spacial score (nSPS) is 49.7. The topological polar surface area (TPSA) is 37.3 Å². The van der Waals surface area contributed by atoms with Gasteiger partial charge in [-0.1, -0.05) is 38.4 Å². The van der Waals surface area contributed by atoms with Gasteiger partial charge in [0.2, 0.25) is 0 Å². The third kappa shape index (κ3) is 2.27. The highest BCUT2D eigenvalue weighted by molar-refractivity contribution is 6.45. The molecule has 4 rings (SSSR count). The monoisotopic (exact) mass is 402 g/mol. The second-order valence-corrected chi connectivity index (χ2v) is 9.98. The first-order valence-corrected chi connectivity index (χ1v) is 10.2. The van der Waals surface area contributed by atoms with Crippen molar-refractivity contribution in [1.29, 1.82) is 0 Å². The predicted octanol–water partition coefficient (Wildman–Crippen LogP) is 5.40. The highest BCUT2D eigenvalue weighted by Gasteiger charge is 2.72. The van der Waals surface area contributed by atoms with Crippen molar-refractivity contribution in [3.8, 4) is 0 Å². The largest absolute Gasteiger partial charge is 0.417 e. The van der Waals surface area contributed by atoms with Crippen molar-refractivity contribution in [3.05, 3.63) is 22.8 Å². The summed E-state index contributed by atoms with van der Waals surface area (Å²) in [5.41, 5.74) is -3.21. The molecule has 0 saturated heterocycles. The first kappa shape index (κ1) is 19.5. The van der Waals surface area contributed by atoms with Gasteiger partial charge < -0.3 is 5.11 Å². The lowest BCUT2D eigenvalue weighted by Gasteiger charge is -2.60. The van der Waals surface area contributed by atoms with Gasteiger partial charge in [0.05, 0.1) is 5.03 Å². The molecule has 3 saturated carbocycles. The van der Waals surface area contributed by atoms with Crippen LogP contribution >= 0.6 is 11.6 Å². The van der Waals surface area contributed by atoms with Crippen LogP contribution in [0.2, 0.25) is 0 Å². The number of ketones is 1. The third-order valence-electron chi connectivity index (χ3n) is 8.62. The van der Waals surface area contributed by atoms with Gasteiger partial charge >= 0.3 is 6.18 Å². The van der Waals surface area contributed by atoms with Crippen molar-refractivity contribution in [2.24, 2.45) is 34.5 Å². The van der Waals surface area contributed by atoms with Crippen LogP contribution < -0.4 is 0 Å². The van der Waals surface area contributed by atoms with Gasteiger partial charge in [0.1, 0.15) is 0 Å². The van der Waals surface area contributed by atoms with Gasteiger partial charge in [0, 0.05) is 10.8 Å². The molecule has 4 unspecified atom stereocenters. The summed E-state index contributed by atoms with van der Waals surface area (Å²) in [6.07, 6.45) is 0.569. The summed E-state index contributed by atoms with van der Waals surface area (Å²) in [5, 5.41) is 11.0. The highest BCUT2D eigenvalue weighted by atomic mass is 35.5. The van der Waals surface area contributed by atoms with E-state index in [1.54, 1.807) is 6.92 Å². The van der Waals surface area contributed by atoms with Gasteiger partial charge in [-0.05, 0) is 67.4 Å². The van der Waals surface area contributed by atoms with Crippen LogP contribution in [0.5, 0.6) is 0 Å². The minimum atomic E-state index is -4.61. The Hall–Kier alpha value is -0.810. The third-order valence-corrected chi connectivity index (χ3v) is 9.03. The Labute approximate surface area is 162 Å². The fourth-order valence-corrected chi connectivity index (χ4v) is 7.44. The summed E-state index contributed by atoms with van der Waals surface area (Å²) < 4.78 is 41.4. The molecule has 3 fully saturated rings. The summed E-state index contributed by atoms with van der Waals surface area (Å²) in [6, 6.07) is 0. The number of fused-ring (bicyclic) bond motifs is 5. The van der Waals surface area contributed by atoms with Crippen LogP contribution in [-0.4, -0.2) is 22.7 Å². The summed E-state index contributed by atoms with van der Waals surface area (Å²) in [7, 11) is 0. The number of alkyl halides is 3. The molecule has 0 spiro atoms. The molecule has 7 atom stereocenters. The van der Waals surface area contributed by atoms with Gasteiger partial charge in [-0.3, -0.25) is 4.79 Å². The predicted molar refractivity (Wildman–Crippen MR) is 97.0 cm³/mol. The number of hydrogen-bond acceptors (Lipinski definition) is 2. The molecular weight excluding hydrogens is 377 g/mol. The Kier molecular flexibility index (Phi) is 4.06. The van der Waals surface area contributed by atoms with Gasteiger partial charge in [0.25, 0.3) is 0 Å². The lowest BCUT2D eigenvalue weighted by Crippen LogP contribution is -2.60. The first-order valence-electron chi connectivity index (χ1n) is 9.78. The highest BCUT2D eigenvalue weighted by Crippen LogP contribution is 2.70. The van der Waals surface area contributed by atoms with E-state index in [-0.39, 0.29) is 46.3 Å². The maximum atomic E-state index is 13.8. The van der Waals surface area contributed by atoms with Crippen molar-refractivity contribution < 1.29 is 23.1 Å². The Morgan fingerprint density at radius 2 is 1.81 bits per heavy atom. The van der Waals surface area contributed by atoms with Crippen LogP contribution in [0.3, 0.4) is 0 Å². The lowest BCUT2D eigenvalue weighted by molar-refractivity contribution is -0.303. The Balaban J connectivity index is 1.77. The van der Waals surface area contributed by atoms with Crippen LogP contribution in [0.15, 0.2) is 22.8 Å². The minimum absolute atomic E-state index is 0.0798.